The van der Waals surface area contributed by atoms with Crippen LogP contribution >= 0.6 is 11.3 Å². The van der Waals surface area contributed by atoms with E-state index in [1.54, 1.807) is 11.3 Å². The van der Waals surface area contributed by atoms with Crippen molar-refractivity contribution >= 4 is 11.3 Å². The van der Waals surface area contributed by atoms with Crippen molar-refractivity contribution in [2.24, 2.45) is 0 Å². The highest BCUT2D eigenvalue weighted by molar-refractivity contribution is 7.09. The lowest BCUT2D eigenvalue weighted by Gasteiger charge is -2.05. The zero-order chi connectivity index (χ0) is 12.5. The van der Waals surface area contributed by atoms with E-state index in [0.717, 1.165) is 24.8 Å². The maximum atomic E-state index is 4.64. The van der Waals surface area contributed by atoms with Crippen LogP contribution in [0, 0.1) is 13.8 Å². The summed E-state index contributed by atoms with van der Waals surface area (Å²) in [6.45, 7) is 6.04. The maximum Gasteiger partial charge on any atom is 0.0794 e. The van der Waals surface area contributed by atoms with Crippen molar-refractivity contribution in [3.05, 3.63) is 33.5 Å². The Bertz CT molecular complexity index is 525. The zero-order valence-corrected chi connectivity index (χ0v) is 11.6. The molecule has 0 atom stereocenters. The fourth-order valence-corrected chi connectivity index (χ4v) is 2.72. The molecule has 3 rings (SSSR count). The van der Waals surface area contributed by atoms with Gasteiger partial charge in [-0.15, -0.1) is 11.3 Å². The van der Waals surface area contributed by atoms with E-state index in [4.69, 9.17) is 0 Å². The van der Waals surface area contributed by atoms with Crippen LogP contribution < -0.4 is 5.32 Å². The minimum Gasteiger partial charge on any atom is -0.310 e. The van der Waals surface area contributed by atoms with E-state index in [0.29, 0.717) is 0 Å². The summed E-state index contributed by atoms with van der Waals surface area (Å²) in [5.74, 6) is 0. The molecular weight excluding hydrogens is 244 g/mol. The van der Waals surface area contributed by atoms with Gasteiger partial charge in [0.25, 0.3) is 0 Å². The molecule has 1 saturated carbocycles. The summed E-state index contributed by atoms with van der Waals surface area (Å²) in [4.78, 5) is 5.36. The zero-order valence-electron chi connectivity index (χ0n) is 10.8. The van der Waals surface area contributed by atoms with Gasteiger partial charge in [0, 0.05) is 34.9 Å². The Morgan fingerprint density at radius 2 is 2.28 bits per heavy atom. The first-order chi connectivity index (χ1) is 8.74. The average Bonchev–Trinajstić information content (AvgIpc) is 2.96. The minimum atomic E-state index is 0.744. The predicted octanol–water partition coefficient (Wildman–Crippen LogP) is 2.26. The van der Waals surface area contributed by atoms with Gasteiger partial charge in [0.15, 0.2) is 0 Å². The summed E-state index contributed by atoms with van der Waals surface area (Å²) in [5, 5.41) is 8.20. The molecule has 0 aromatic carbocycles. The Morgan fingerprint density at radius 1 is 1.44 bits per heavy atom. The van der Waals surface area contributed by atoms with Crippen LogP contribution in [-0.2, 0) is 13.1 Å². The molecule has 18 heavy (non-hydrogen) atoms. The van der Waals surface area contributed by atoms with Gasteiger partial charge in [0.2, 0.25) is 0 Å². The molecule has 1 N–H and O–H groups in total. The molecule has 1 fully saturated rings. The molecule has 4 nitrogen and oxygen atoms in total. The van der Waals surface area contributed by atoms with Gasteiger partial charge in [-0.3, -0.25) is 9.67 Å². The molecular formula is C13H18N4S. The Labute approximate surface area is 111 Å². The lowest BCUT2D eigenvalue weighted by Crippen LogP contribution is -2.16. The highest BCUT2D eigenvalue weighted by Crippen LogP contribution is 2.21. The van der Waals surface area contributed by atoms with Gasteiger partial charge in [-0.2, -0.15) is 5.10 Å². The predicted molar refractivity (Wildman–Crippen MR) is 72.8 cm³/mol. The van der Waals surface area contributed by atoms with Crippen LogP contribution in [-0.4, -0.2) is 20.8 Å². The quantitative estimate of drug-likeness (QED) is 0.898. The molecule has 0 amide bonds. The van der Waals surface area contributed by atoms with Crippen LogP contribution in [0.2, 0.25) is 0 Å². The second-order valence-corrected chi connectivity index (χ2v) is 5.90. The monoisotopic (exact) mass is 262 g/mol. The van der Waals surface area contributed by atoms with E-state index < -0.39 is 0 Å². The van der Waals surface area contributed by atoms with Crippen LogP contribution in [0.3, 0.4) is 0 Å². The lowest BCUT2D eigenvalue weighted by atomic mass is 10.2. The Morgan fingerprint density at radius 3 is 2.94 bits per heavy atom. The highest BCUT2D eigenvalue weighted by atomic mass is 32.1. The van der Waals surface area contributed by atoms with Gasteiger partial charge in [0.05, 0.1) is 17.7 Å². The van der Waals surface area contributed by atoms with Gasteiger partial charge in [-0.1, -0.05) is 0 Å². The molecule has 0 radical (unpaired) electrons. The Balaban J connectivity index is 1.75. The summed E-state index contributed by atoms with van der Waals surface area (Å²) in [6, 6.07) is 0.744. The highest BCUT2D eigenvalue weighted by Gasteiger charge is 2.21. The number of hydrogen-bond donors (Lipinski definition) is 1. The Kier molecular flexibility index (Phi) is 3.18. The smallest absolute Gasteiger partial charge is 0.0794 e. The SMILES string of the molecule is Cc1nn(Cc2cncs2)c(C)c1CNC1CC1. The Hall–Kier alpha value is -1.20. The first kappa shape index (κ1) is 11.9. The van der Waals surface area contributed by atoms with Crippen molar-refractivity contribution in [3.8, 4) is 0 Å². The van der Waals surface area contributed by atoms with Gasteiger partial charge >= 0.3 is 0 Å². The third-order valence-electron chi connectivity index (χ3n) is 3.47. The lowest BCUT2D eigenvalue weighted by molar-refractivity contribution is 0.657. The molecule has 0 bridgehead atoms. The first-order valence-electron chi connectivity index (χ1n) is 6.37. The number of aromatic nitrogens is 3. The summed E-state index contributed by atoms with van der Waals surface area (Å²) < 4.78 is 2.09. The molecule has 2 heterocycles. The molecule has 0 aliphatic heterocycles. The van der Waals surface area contributed by atoms with Crippen LogP contribution in [0.15, 0.2) is 11.7 Å². The van der Waals surface area contributed by atoms with Crippen molar-refractivity contribution < 1.29 is 0 Å². The molecule has 0 spiro atoms. The fraction of sp³-hybridized carbons (Fsp3) is 0.538. The van der Waals surface area contributed by atoms with Gasteiger partial charge in [-0.25, -0.2) is 0 Å². The molecule has 0 unspecified atom stereocenters. The number of rotatable bonds is 5. The van der Waals surface area contributed by atoms with Gasteiger partial charge in [-0.05, 0) is 26.7 Å². The second-order valence-electron chi connectivity index (χ2n) is 4.93. The summed E-state index contributed by atoms with van der Waals surface area (Å²) >= 11 is 1.68. The number of hydrogen-bond acceptors (Lipinski definition) is 4. The molecule has 2 aromatic rings. The molecule has 0 saturated heterocycles. The van der Waals surface area contributed by atoms with E-state index in [2.05, 4.69) is 33.9 Å². The van der Waals surface area contributed by atoms with Crippen molar-refractivity contribution in [1.82, 2.24) is 20.1 Å². The van der Waals surface area contributed by atoms with E-state index in [1.165, 1.54) is 29.0 Å². The van der Waals surface area contributed by atoms with Crippen molar-refractivity contribution in [1.29, 1.82) is 0 Å². The summed E-state index contributed by atoms with van der Waals surface area (Å²) in [6.07, 6.45) is 4.57. The van der Waals surface area contributed by atoms with E-state index in [1.807, 2.05) is 11.7 Å². The molecule has 1 aliphatic carbocycles. The standard InChI is InChI=1S/C13H18N4S/c1-9-13(6-15-11-3-4-11)10(2)17(16-9)7-12-5-14-8-18-12/h5,8,11,15H,3-4,6-7H2,1-2H3. The topological polar surface area (TPSA) is 42.7 Å². The van der Waals surface area contributed by atoms with Crippen LogP contribution in [0.4, 0.5) is 0 Å². The van der Waals surface area contributed by atoms with Crippen molar-refractivity contribution in [2.75, 3.05) is 0 Å². The fourth-order valence-electron chi connectivity index (χ4n) is 2.15. The number of aryl methyl sites for hydroxylation is 1. The molecule has 96 valence electrons. The van der Waals surface area contributed by atoms with Crippen LogP contribution in [0.1, 0.15) is 34.7 Å². The van der Waals surface area contributed by atoms with E-state index >= 15 is 0 Å². The summed E-state index contributed by atoms with van der Waals surface area (Å²) in [5.41, 5.74) is 5.64. The van der Waals surface area contributed by atoms with E-state index in [-0.39, 0.29) is 0 Å². The maximum absolute atomic E-state index is 4.64. The first-order valence-corrected chi connectivity index (χ1v) is 7.25. The third kappa shape index (κ3) is 2.47. The number of nitrogens with one attached hydrogen (secondary N) is 1. The summed E-state index contributed by atoms with van der Waals surface area (Å²) in [7, 11) is 0. The average molecular weight is 262 g/mol. The molecule has 2 aromatic heterocycles. The molecule has 1 aliphatic rings. The van der Waals surface area contributed by atoms with Gasteiger partial charge in [0.1, 0.15) is 0 Å². The van der Waals surface area contributed by atoms with Gasteiger partial charge < -0.3 is 5.32 Å². The van der Waals surface area contributed by atoms with E-state index in [9.17, 15) is 0 Å². The van der Waals surface area contributed by atoms with Crippen molar-refractivity contribution in [2.45, 2.75) is 45.8 Å². The largest absolute Gasteiger partial charge is 0.310 e. The van der Waals surface area contributed by atoms with Crippen LogP contribution in [0.5, 0.6) is 0 Å². The third-order valence-corrected chi connectivity index (χ3v) is 4.23. The second kappa shape index (κ2) is 4.82. The van der Waals surface area contributed by atoms with Crippen LogP contribution in [0.25, 0.3) is 0 Å². The normalized spacial score (nSPS) is 15.2. The number of thiazole rings is 1. The molecule has 5 heteroatoms. The number of nitrogens with zero attached hydrogens (tertiary/aromatic N) is 3. The minimum absolute atomic E-state index is 0.744. The van der Waals surface area contributed by atoms with Crippen molar-refractivity contribution in [3.63, 3.8) is 0 Å².